The molecule has 0 fully saturated rings. The van der Waals surface area contributed by atoms with Gasteiger partial charge in [-0.1, -0.05) is 18.2 Å². The Morgan fingerprint density at radius 3 is 2.56 bits per heavy atom. The van der Waals surface area contributed by atoms with Gasteiger partial charge in [0.15, 0.2) is 0 Å². The van der Waals surface area contributed by atoms with E-state index in [1.807, 2.05) is 36.6 Å². The van der Waals surface area contributed by atoms with Crippen molar-refractivity contribution in [1.82, 2.24) is 4.98 Å². The third-order valence-corrected chi connectivity index (χ3v) is 4.67. The molecule has 7 nitrogen and oxygen atoms in total. The summed E-state index contributed by atoms with van der Waals surface area (Å²) in [5, 5.41) is 19.6. The van der Waals surface area contributed by atoms with E-state index in [4.69, 9.17) is 0 Å². The van der Waals surface area contributed by atoms with Crippen LogP contribution in [0.4, 0.5) is 17.1 Å². The molecule has 2 aromatic carbocycles. The minimum Gasteiger partial charge on any atom is -0.374 e. The number of benzene rings is 2. The van der Waals surface area contributed by atoms with E-state index in [0.29, 0.717) is 5.69 Å². The Bertz CT molecular complexity index is 969. The third-order valence-electron chi connectivity index (χ3n) is 3.90. The van der Waals surface area contributed by atoms with Gasteiger partial charge < -0.3 is 10.6 Å². The van der Waals surface area contributed by atoms with Gasteiger partial charge in [0.05, 0.1) is 15.6 Å². The number of non-ortho nitro benzene ring substituents is 1. The van der Waals surface area contributed by atoms with Crippen LogP contribution in [0.2, 0.25) is 0 Å². The Kier molecular flexibility index (Phi) is 5.46. The predicted molar refractivity (Wildman–Crippen MR) is 107 cm³/mol. The van der Waals surface area contributed by atoms with E-state index >= 15 is 0 Å². The monoisotopic (exact) mass is 382 g/mol. The summed E-state index contributed by atoms with van der Waals surface area (Å²) in [7, 11) is 0. The largest absolute Gasteiger partial charge is 0.374 e. The van der Waals surface area contributed by atoms with Gasteiger partial charge in [-0.3, -0.25) is 14.9 Å². The van der Waals surface area contributed by atoms with Crippen LogP contribution >= 0.6 is 11.3 Å². The van der Waals surface area contributed by atoms with Crippen LogP contribution in [0.3, 0.4) is 0 Å². The number of carbonyl (C=O) groups excluding carboxylic acids is 1. The van der Waals surface area contributed by atoms with Gasteiger partial charge in [0.25, 0.3) is 5.69 Å². The number of aryl methyl sites for hydroxylation is 1. The number of amides is 1. The highest BCUT2D eigenvalue weighted by atomic mass is 32.1. The molecule has 8 heteroatoms. The van der Waals surface area contributed by atoms with Gasteiger partial charge in [0.1, 0.15) is 6.04 Å². The molecule has 3 rings (SSSR count). The van der Waals surface area contributed by atoms with Crippen molar-refractivity contribution in [2.75, 3.05) is 10.6 Å². The van der Waals surface area contributed by atoms with E-state index in [1.165, 1.54) is 18.2 Å². The van der Waals surface area contributed by atoms with Crippen LogP contribution in [0.25, 0.3) is 11.3 Å². The lowest BCUT2D eigenvalue weighted by molar-refractivity contribution is -0.384. The number of hydrogen-bond acceptors (Lipinski definition) is 6. The van der Waals surface area contributed by atoms with Crippen LogP contribution in [0, 0.1) is 17.0 Å². The smallest absolute Gasteiger partial charge is 0.271 e. The lowest BCUT2D eigenvalue weighted by Crippen LogP contribution is -2.31. The van der Waals surface area contributed by atoms with Gasteiger partial charge in [-0.05, 0) is 32.0 Å². The summed E-state index contributed by atoms with van der Waals surface area (Å²) in [5.41, 5.74) is 3.06. The Morgan fingerprint density at radius 1 is 1.19 bits per heavy atom. The van der Waals surface area contributed by atoms with Gasteiger partial charge in [0.2, 0.25) is 5.91 Å². The molecule has 1 aromatic heterocycles. The lowest BCUT2D eigenvalue weighted by atomic mass is 10.1. The number of aromatic nitrogens is 1. The Balaban J connectivity index is 1.62. The molecule has 2 N–H and O–H groups in total. The summed E-state index contributed by atoms with van der Waals surface area (Å²) in [6.45, 7) is 3.69. The van der Waals surface area contributed by atoms with Crippen molar-refractivity contribution < 1.29 is 9.72 Å². The summed E-state index contributed by atoms with van der Waals surface area (Å²) in [6, 6.07) is 13.0. The average molecular weight is 382 g/mol. The SMILES string of the molecule is Cc1nc(-c2ccc(N[C@H](C)C(=O)Nc3cccc([N+](=O)[O-])c3)cc2)cs1. The van der Waals surface area contributed by atoms with E-state index < -0.39 is 11.0 Å². The molecule has 0 radical (unpaired) electrons. The van der Waals surface area contributed by atoms with Crippen LogP contribution in [0.15, 0.2) is 53.9 Å². The molecule has 1 heterocycles. The topological polar surface area (TPSA) is 97.2 Å². The van der Waals surface area contributed by atoms with Crippen molar-refractivity contribution in [2.45, 2.75) is 19.9 Å². The summed E-state index contributed by atoms with van der Waals surface area (Å²) in [4.78, 5) is 27.1. The number of rotatable bonds is 6. The number of carbonyl (C=O) groups is 1. The highest BCUT2D eigenvalue weighted by Gasteiger charge is 2.14. The summed E-state index contributed by atoms with van der Waals surface area (Å²) < 4.78 is 0. The van der Waals surface area contributed by atoms with Crippen LogP contribution in [0.5, 0.6) is 0 Å². The minimum atomic E-state index is -0.517. The van der Waals surface area contributed by atoms with Crippen LogP contribution in [-0.2, 0) is 4.79 Å². The number of anilines is 2. The zero-order chi connectivity index (χ0) is 19.4. The normalized spacial score (nSPS) is 11.6. The lowest BCUT2D eigenvalue weighted by Gasteiger charge is -2.15. The van der Waals surface area contributed by atoms with Crippen LogP contribution in [0.1, 0.15) is 11.9 Å². The quantitative estimate of drug-likeness (QED) is 0.484. The number of nitrogens with zero attached hydrogens (tertiary/aromatic N) is 2. The number of nitro benzene ring substituents is 1. The molecule has 0 saturated heterocycles. The molecule has 0 aliphatic rings. The second-order valence-electron chi connectivity index (χ2n) is 5.99. The van der Waals surface area contributed by atoms with Gasteiger partial charge in [0, 0.05) is 34.5 Å². The van der Waals surface area contributed by atoms with E-state index in [1.54, 1.807) is 24.3 Å². The molecule has 0 aliphatic carbocycles. The fourth-order valence-corrected chi connectivity index (χ4v) is 3.12. The van der Waals surface area contributed by atoms with E-state index in [0.717, 1.165) is 22.0 Å². The zero-order valence-corrected chi connectivity index (χ0v) is 15.6. The molecule has 0 aliphatic heterocycles. The molecular formula is C19H18N4O3S. The zero-order valence-electron chi connectivity index (χ0n) is 14.8. The summed E-state index contributed by atoms with van der Waals surface area (Å²) in [6.07, 6.45) is 0. The first-order valence-electron chi connectivity index (χ1n) is 8.27. The maximum absolute atomic E-state index is 12.3. The first kappa shape index (κ1) is 18.5. The number of thiazole rings is 1. The first-order valence-corrected chi connectivity index (χ1v) is 9.15. The molecule has 27 heavy (non-hydrogen) atoms. The predicted octanol–water partition coefficient (Wildman–Crippen LogP) is 4.47. The maximum Gasteiger partial charge on any atom is 0.271 e. The molecule has 1 amide bonds. The maximum atomic E-state index is 12.3. The second kappa shape index (κ2) is 7.96. The summed E-state index contributed by atoms with van der Waals surface area (Å²) >= 11 is 1.60. The van der Waals surface area contributed by atoms with Gasteiger partial charge in [-0.2, -0.15) is 0 Å². The van der Waals surface area contributed by atoms with Crippen molar-refractivity contribution in [3.8, 4) is 11.3 Å². The summed E-state index contributed by atoms with van der Waals surface area (Å²) in [5.74, 6) is -0.283. The molecular weight excluding hydrogens is 364 g/mol. The molecule has 1 atom stereocenters. The van der Waals surface area contributed by atoms with Crippen molar-refractivity contribution in [3.63, 3.8) is 0 Å². The number of nitrogens with one attached hydrogen (secondary N) is 2. The van der Waals surface area contributed by atoms with Crippen molar-refractivity contribution in [2.24, 2.45) is 0 Å². The van der Waals surface area contributed by atoms with E-state index in [-0.39, 0.29) is 11.6 Å². The average Bonchev–Trinajstić information content (AvgIpc) is 3.09. The fourth-order valence-electron chi connectivity index (χ4n) is 2.50. The Labute approximate surface area is 160 Å². The fraction of sp³-hybridized carbons (Fsp3) is 0.158. The van der Waals surface area contributed by atoms with E-state index in [2.05, 4.69) is 15.6 Å². The molecule has 0 bridgehead atoms. The third kappa shape index (κ3) is 4.68. The second-order valence-corrected chi connectivity index (χ2v) is 7.05. The number of nitro groups is 1. The molecule has 0 spiro atoms. The molecule has 138 valence electrons. The Morgan fingerprint density at radius 2 is 1.93 bits per heavy atom. The van der Waals surface area contributed by atoms with E-state index in [9.17, 15) is 14.9 Å². The number of hydrogen-bond donors (Lipinski definition) is 2. The van der Waals surface area contributed by atoms with Gasteiger partial charge in [-0.25, -0.2) is 4.98 Å². The first-order chi connectivity index (χ1) is 12.9. The van der Waals surface area contributed by atoms with Crippen molar-refractivity contribution in [3.05, 3.63) is 69.0 Å². The standard InChI is InChI=1S/C19H18N4O3S/c1-12(19(24)22-16-4-3-5-17(10-16)23(25)26)20-15-8-6-14(7-9-15)18-11-27-13(2)21-18/h3-12,20H,1-2H3,(H,22,24)/t12-/m1/s1. The highest BCUT2D eigenvalue weighted by Crippen LogP contribution is 2.23. The van der Waals surface area contributed by atoms with Crippen molar-refractivity contribution >= 4 is 34.3 Å². The van der Waals surface area contributed by atoms with Gasteiger partial charge in [-0.15, -0.1) is 11.3 Å². The molecule has 0 unspecified atom stereocenters. The minimum absolute atomic E-state index is 0.0683. The van der Waals surface area contributed by atoms with Crippen LogP contribution < -0.4 is 10.6 Å². The van der Waals surface area contributed by atoms with Gasteiger partial charge >= 0.3 is 0 Å². The van der Waals surface area contributed by atoms with Crippen molar-refractivity contribution in [1.29, 1.82) is 0 Å². The van der Waals surface area contributed by atoms with Crippen LogP contribution in [-0.4, -0.2) is 21.9 Å². The Hall–Kier alpha value is -3.26. The molecule has 3 aromatic rings. The highest BCUT2D eigenvalue weighted by molar-refractivity contribution is 7.09. The molecule has 0 saturated carbocycles.